The first-order valence-electron chi connectivity index (χ1n) is 7.45. The fraction of sp³-hybridized carbons (Fsp3) is 0.167. The number of hydrogen-bond donors (Lipinski definition) is 1. The molecule has 1 amide bonds. The van der Waals surface area contributed by atoms with Crippen LogP contribution in [0.1, 0.15) is 22.1 Å². The predicted octanol–water partition coefficient (Wildman–Crippen LogP) is 3.02. The number of nitrogens with one attached hydrogen (secondary N) is 1. The molecule has 0 spiro atoms. The number of hydrogen-bond acceptors (Lipinski definition) is 4. The summed E-state index contributed by atoms with van der Waals surface area (Å²) >= 11 is 0. The van der Waals surface area contributed by atoms with Gasteiger partial charge in [0.05, 0.1) is 0 Å². The Kier molecular flexibility index (Phi) is 4.47. The van der Waals surface area contributed by atoms with Crippen LogP contribution in [-0.4, -0.2) is 22.4 Å². The summed E-state index contributed by atoms with van der Waals surface area (Å²) in [7, 11) is 0. The van der Waals surface area contributed by atoms with Crippen molar-refractivity contribution in [1.82, 2.24) is 15.3 Å². The monoisotopic (exact) mass is 307 g/mol. The lowest BCUT2D eigenvalue weighted by Crippen LogP contribution is -2.26. The van der Waals surface area contributed by atoms with Gasteiger partial charge < -0.3 is 9.73 Å². The first kappa shape index (κ1) is 15.0. The lowest BCUT2D eigenvalue weighted by atomic mass is 10.1. The molecule has 5 heteroatoms. The Morgan fingerprint density at radius 1 is 1.13 bits per heavy atom. The second kappa shape index (κ2) is 6.87. The molecule has 0 aliphatic carbocycles. The molecular weight excluding hydrogens is 290 g/mol. The highest BCUT2D eigenvalue weighted by molar-refractivity contribution is 5.92. The minimum atomic E-state index is -0.192. The Morgan fingerprint density at radius 2 is 1.91 bits per heavy atom. The molecule has 0 saturated heterocycles. The van der Waals surface area contributed by atoms with Gasteiger partial charge in [0.2, 0.25) is 0 Å². The molecule has 2 aromatic heterocycles. The van der Waals surface area contributed by atoms with E-state index in [2.05, 4.69) is 15.3 Å². The second-order valence-electron chi connectivity index (χ2n) is 5.09. The van der Waals surface area contributed by atoms with Crippen LogP contribution >= 0.6 is 0 Å². The smallest absolute Gasteiger partial charge is 0.269 e. The van der Waals surface area contributed by atoms with Gasteiger partial charge >= 0.3 is 0 Å². The summed E-state index contributed by atoms with van der Waals surface area (Å²) in [6.07, 6.45) is 2.17. The standard InChI is InChI=1S/C18H17N3O2/c1-13-21-17(14-7-3-2-4-8-14)16(23-13)10-12-20-18(22)15-9-5-6-11-19-15/h2-9,11H,10,12H2,1H3,(H,20,22). The molecular formula is C18H17N3O2. The molecule has 0 bridgehead atoms. The lowest BCUT2D eigenvalue weighted by Gasteiger charge is -2.04. The fourth-order valence-corrected chi connectivity index (χ4v) is 2.34. The number of nitrogens with zero attached hydrogens (tertiary/aromatic N) is 2. The molecule has 2 heterocycles. The molecule has 1 aromatic carbocycles. The van der Waals surface area contributed by atoms with Gasteiger partial charge in [0.15, 0.2) is 5.89 Å². The third kappa shape index (κ3) is 3.63. The summed E-state index contributed by atoms with van der Waals surface area (Å²) < 4.78 is 5.68. The largest absolute Gasteiger partial charge is 0.445 e. The number of benzene rings is 1. The average Bonchev–Trinajstić information content (AvgIpc) is 2.97. The number of aromatic nitrogens is 2. The van der Waals surface area contributed by atoms with Crippen molar-refractivity contribution in [1.29, 1.82) is 0 Å². The highest BCUT2D eigenvalue weighted by atomic mass is 16.4. The zero-order valence-corrected chi connectivity index (χ0v) is 12.8. The Hall–Kier alpha value is -2.95. The third-order valence-electron chi connectivity index (χ3n) is 3.39. The van der Waals surface area contributed by atoms with E-state index in [1.807, 2.05) is 37.3 Å². The molecule has 116 valence electrons. The van der Waals surface area contributed by atoms with E-state index in [0.29, 0.717) is 24.6 Å². The molecule has 0 radical (unpaired) electrons. The summed E-state index contributed by atoms with van der Waals surface area (Å²) in [6, 6.07) is 15.1. The number of pyridine rings is 1. The average molecular weight is 307 g/mol. The maximum absolute atomic E-state index is 12.0. The number of carbonyl (C=O) groups is 1. The summed E-state index contributed by atoms with van der Waals surface area (Å²) in [5.41, 5.74) is 2.25. The summed E-state index contributed by atoms with van der Waals surface area (Å²) in [5, 5.41) is 2.85. The van der Waals surface area contributed by atoms with Crippen LogP contribution in [0.15, 0.2) is 59.1 Å². The van der Waals surface area contributed by atoms with Crippen LogP contribution in [-0.2, 0) is 6.42 Å². The lowest BCUT2D eigenvalue weighted by molar-refractivity contribution is 0.0949. The van der Waals surface area contributed by atoms with E-state index in [4.69, 9.17) is 4.42 Å². The molecule has 0 atom stereocenters. The zero-order chi connectivity index (χ0) is 16.1. The van der Waals surface area contributed by atoms with Gasteiger partial charge in [-0.2, -0.15) is 0 Å². The molecule has 0 aliphatic heterocycles. The van der Waals surface area contributed by atoms with Crippen LogP contribution in [0.2, 0.25) is 0 Å². The summed E-state index contributed by atoms with van der Waals surface area (Å²) in [5.74, 6) is 1.20. The van der Waals surface area contributed by atoms with Crippen molar-refractivity contribution >= 4 is 5.91 Å². The van der Waals surface area contributed by atoms with Gasteiger partial charge in [-0.15, -0.1) is 0 Å². The zero-order valence-electron chi connectivity index (χ0n) is 12.8. The second-order valence-corrected chi connectivity index (χ2v) is 5.09. The molecule has 23 heavy (non-hydrogen) atoms. The quantitative estimate of drug-likeness (QED) is 0.786. The fourth-order valence-electron chi connectivity index (χ4n) is 2.34. The van der Waals surface area contributed by atoms with Crippen molar-refractivity contribution in [3.05, 3.63) is 72.1 Å². The van der Waals surface area contributed by atoms with Gasteiger partial charge in [0.25, 0.3) is 5.91 Å². The molecule has 5 nitrogen and oxygen atoms in total. The van der Waals surface area contributed by atoms with Crippen molar-refractivity contribution in [3.8, 4) is 11.3 Å². The van der Waals surface area contributed by atoms with Crippen molar-refractivity contribution < 1.29 is 9.21 Å². The number of oxazole rings is 1. The van der Waals surface area contributed by atoms with Crippen molar-refractivity contribution in [2.24, 2.45) is 0 Å². The normalized spacial score (nSPS) is 10.5. The number of amides is 1. The van der Waals surface area contributed by atoms with Crippen LogP contribution in [0, 0.1) is 6.92 Å². The Balaban J connectivity index is 1.66. The van der Waals surface area contributed by atoms with E-state index < -0.39 is 0 Å². The van der Waals surface area contributed by atoms with Crippen LogP contribution in [0.3, 0.4) is 0 Å². The molecule has 3 rings (SSSR count). The topological polar surface area (TPSA) is 68.0 Å². The molecule has 1 N–H and O–H groups in total. The van der Waals surface area contributed by atoms with Crippen molar-refractivity contribution in [3.63, 3.8) is 0 Å². The third-order valence-corrected chi connectivity index (χ3v) is 3.39. The van der Waals surface area contributed by atoms with E-state index in [1.54, 1.807) is 24.4 Å². The highest BCUT2D eigenvalue weighted by Gasteiger charge is 2.13. The van der Waals surface area contributed by atoms with Gasteiger partial charge in [-0.3, -0.25) is 9.78 Å². The first-order valence-corrected chi connectivity index (χ1v) is 7.45. The van der Waals surface area contributed by atoms with Gasteiger partial charge in [-0.05, 0) is 12.1 Å². The van der Waals surface area contributed by atoms with E-state index in [1.165, 1.54) is 0 Å². The number of aryl methyl sites for hydroxylation is 1. The van der Waals surface area contributed by atoms with E-state index >= 15 is 0 Å². The molecule has 0 unspecified atom stereocenters. The molecule has 0 saturated carbocycles. The minimum Gasteiger partial charge on any atom is -0.445 e. The minimum absolute atomic E-state index is 0.192. The van der Waals surface area contributed by atoms with Crippen LogP contribution in [0.4, 0.5) is 0 Å². The predicted molar refractivity (Wildman–Crippen MR) is 87.0 cm³/mol. The molecule has 0 aliphatic rings. The maximum atomic E-state index is 12.0. The SMILES string of the molecule is Cc1nc(-c2ccccc2)c(CCNC(=O)c2ccccn2)o1. The van der Waals surface area contributed by atoms with Crippen molar-refractivity contribution in [2.75, 3.05) is 6.54 Å². The van der Waals surface area contributed by atoms with Gasteiger partial charge in [-0.25, -0.2) is 4.98 Å². The Morgan fingerprint density at radius 3 is 2.65 bits per heavy atom. The van der Waals surface area contributed by atoms with Crippen LogP contribution < -0.4 is 5.32 Å². The van der Waals surface area contributed by atoms with Gasteiger partial charge in [0, 0.05) is 31.6 Å². The first-order chi connectivity index (χ1) is 11.2. The summed E-state index contributed by atoms with van der Waals surface area (Å²) in [6.45, 7) is 2.28. The molecule has 0 fully saturated rings. The molecule has 3 aromatic rings. The van der Waals surface area contributed by atoms with E-state index in [-0.39, 0.29) is 5.91 Å². The number of rotatable bonds is 5. The van der Waals surface area contributed by atoms with Crippen LogP contribution in [0.5, 0.6) is 0 Å². The Labute approximate surface area is 134 Å². The maximum Gasteiger partial charge on any atom is 0.269 e. The van der Waals surface area contributed by atoms with E-state index in [9.17, 15) is 4.79 Å². The highest BCUT2D eigenvalue weighted by Crippen LogP contribution is 2.23. The van der Waals surface area contributed by atoms with Gasteiger partial charge in [-0.1, -0.05) is 36.4 Å². The van der Waals surface area contributed by atoms with E-state index in [0.717, 1.165) is 17.0 Å². The number of carbonyl (C=O) groups excluding carboxylic acids is 1. The Bertz CT molecular complexity index is 783. The summed E-state index contributed by atoms with van der Waals surface area (Å²) in [4.78, 5) is 20.4. The van der Waals surface area contributed by atoms with Crippen molar-refractivity contribution in [2.45, 2.75) is 13.3 Å². The van der Waals surface area contributed by atoms with Gasteiger partial charge in [0.1, 0.15) is 17.1 Å². The van der Waals surface area contributed by atoms with Crippen LogP contribution in [0.25, 0.3) is 11.3 Å².